The van der Waals surface area contributed by atoms with Crippen LogP contribution in [0.3, 0.4) is 0 Å². The molecule has 0 amide bonds. The van der Waals surface area contributed by atoms with E-state index >= 15 is 0 Å². The number of ether oxygens (including phenoxy) is 1. The molecule has 0 bridgehead atoms. The maximum absolute atomic E-state index is 12.6. The van der Waals surface area contributed by atoms with Gasteiger partial charge in [-0.2, -0.15) is 0 Å². The first-order chi connectivity index (χ1) is 13.0. The van der Waals surface area contributed by atoms with Gasteiger partial charge in [-0.25, -0.2) is 0 Å². The summed E-state index contributed by atoms with van der Waals surface area (Å²) in [5, 5.41) is 3.57. The van der Waals surface area contributed by atoms with Crippen molar-refractivity contribution in [3.63, 3.8) is 0 Å². The van der Waals surface area contributed by atoms with Gasteiger partial charge in [-0.3, -0.25) is 4.79 Å². The van der Waals surface area contributed by atoms with Gasteiger partial charge in [-0.1, -0.05) is 31.9 Å². The lowest BCUT2D eigenvalue weighted by atomic mass is 9.59. The number of furan rings is 1. The molecule has 2 heterocycles. The molecule has 2 fully saturated rings. The minimum Gasteiger partial charge on any atom is -0.469 e. The van der Waals surface area contributed by atoms with Crippen LogP contribution in [0.5, 0.6) is 0 Å². The number of hydrogen-bond acceptors (Lipinski definition) is 4. The Morgan fingerprint density at radius 1 is 1.41 bits per heavy atom. The number of hydrogen-bond donors (Lipinski definition) is 1. The lowest BCUT2D eigenvalue weighted by molar-refractivity contribution is -0.145. The van der Waals surface area contributed by atoms with Crippen molar-refractivity contribution >= 4 is 5.97 Å². The quantitative estimate of drug-likeness (QED) is 0.591. The van der Waals surface area contributed by atoms with Crippen molar-refractivity contribution < 1.29 is 13.9 Å². The van der Waals surface area contributed by atoms with Gasteiger partial charge in [0.25, 0.3) is 0 Å². The molecule has 0 spiro atoms. The predicted octanol–water partition coefficient (Wildman–Crippen LogP) is 4.50. The first kappa shape index (κ1) is 18.8. The highest BCUT2D eigenvalue weighted by molar-refractivity contribution is 5.76. The van der Waals surface area contributed by atoms with Crippen LogP contribution >= 0.6 is 0 Å². The second-order valence-electron chi connectivity index (χ2n) is 9.27. The first-order valence-corrected chi connectivity index (χ1v) is 10.6. The summed E-state index contributed by atoms with van der Waals surface area (Å²) < 4.78 is 11.2. The van der Waals surface area contributed by atoms with Gasteiger partial charge in [-0.15, -0.1) is 0 Å². The highest BCUT2D eigenvalue weighted by Crippen LogP contribution is 2.53. The van der Waals surface area contributed by atoms with Gasteiger partial charge in [0.1, 0.15) is 11.9 Å². The van der Waals surface area contributed by atoms with E-state index in [4.69, 9.17) is 9.15 Å². The zero-order valence-electron chi connectivity index (χ0n) is 16.9. The molecular weight excluding hydrogens is 338 g/mol. The third-order valence-electron chi connectivity index (χ3n) is 7.17. The highest BCUT2D eigenvalue weighted by Gasteiger charge is 2.51. The average Bonchev–Trinajstić information content (AvgIpc) is 3.23. The fraction of sp³-hybridized carbons (Fsp3) is 0.696. The van der Waals surface area contributed by atoms with Gasteiger partial charge < -0.3 is 14.5 Å². The molecule has 1 saturated carbocycles. The van der Waals surface area contributed by atoms with Crippen LogP contribution in [0.2, 0.25) is 0 Å². The number of nitrogens with one attached hydrogen (secondary N) is 1. The number of fused-ring (bicyclic) bond motifs is 2. The third kappa shape index (κ3) is 3.73. The SMILES string of the molecule is C[C@H](CCc1ccco1)NC[C@@H]1C(=O)O[C@@H]2C[C@@]3(C)CCC[C@@H](C)C3=C[C@H]12. The molecule has 6 atom stereocenters. The normalized spacial score (nSPS) is 36.6. The van der Waals surface area contributed by atoms with Gasteiger partial charge >= 0.3 is 5.97 Å². The first-order valence-electron chi connectivity index (χ1n) is 10.6. The standard InChI is InChI=1S/C23H33NO3/c1-15-6-4-10-23(3)13-21-18(12-20(15)23)19(22(25)27-21)14-24-16(2)8-9-17-7-5-11-26-17/h5,7,11-12,15-16,18-19,21,24H,4,6,8-10,13-14H2,1-3H3/t15-,16-,18-,19+,21-,23-/m1/s1. The van der Waals surface area contributed by atoms with Crippen LogP contribution in [0, 0.1) is 23.2 Å². The molecule has 0 radical (unpaired) electrons. The Bertz CT molecular complexity index is 694. The third-order valence-corrected chi connectivity index (χ3v) is 7.17. The molecule has 2 aliphatic carbocycles. The molecule has 1 aromatic heterocycles. The number of carbonyl (C=O) groups excluding carboxylic acids is 1. The van der Waals surface area contributed by atoms with Crippen molar-refractivity contribution in [3.8, 4) is 0 Å². The Balaban J connectivity index is 1.39. The molecule has 27 heavy (non-hydrogen) atoms. The van der Waals surface area contributed by atoms with E-state index < -0.39 is 0 Å². The van der Waals surface area contributed by atoms with E-state index in [1.165, 1.54) is 19.3 Å². The summed E-state index contributed by atoms with van der Waals surface area (Å²) in [6.45, 7) is 7.61. The molecule has 1 aliphatic heterocycles. The summed E-state index contributed by atoms with van der Waals surface area (Å²) in [7, 11) is 0. The zero-order chi connectivity index (χ0) is 19.0. The van der Waals surface area contributed by atoms with E-state index in [1.54, 1.807) is 11.8 Å². The molecule has 0 unspecified atom stereocenters. The second-order valence-corrected chi connectivity index (χ2v) is 9.27. The minimum atomic E-state index is -0.0489. The maximum Gasteiger partial charge on any atom is 0.311 e. The second kappa shape index (κ2) is 7.46. The molecule has 0 aromatic carbocycles. The van der Waals surface area contributed by atoms with Gasteiger partial charge in [0.2, 0.25) is 0 Å². The summed E-state index contributed by atoms with van der Waals surface area (Å²) in [6, 6.07) is 4.29. The van der Waals surface area contributed by atoms with E-state index in [0.717, 1.165) is 25.0 Å². The molecule has 1 aromatic rings. The molecular formula is C23H33NO3. The van der Waals surface area contributed by atoms with E-state index in [9.17, 15) is 4.79 Å². The van der Waals surface area contributed by atoms with Gasteiger partial charge in [0, 0.05) is 24.9 Å². The van der Waals surface area contributed by atoms with E-state index in [0.29, 0.717) is 18.5 Å². The summed E-state index contributed by atoms with van der Waals surface area (Å²) in [4.78, 5) is 12.6. The Labute approximate surface area is 162 Å². The van der Waals surface area contributed by atoms with Crippen molar-refractivity contribution in [1.29, 1.82) is 0 Å². The summed E-state index contributed by atoms with van der Waals surface area (Å²) in [6.07, 6.45) is 10.9. The molecule has 4 nitrogen and oxygen atoms in total. The Kier molecular flexibility index (Phi) is 5.19. The van der Waals surface area contributed by atoms with Gasteiger partial charge in [0.05, 0.1) is 12.2 Å². The topological polar surface area (TPSA) is 51.5 Å². The number of carbonyl (C=O) groups is 1. The van der Waals surface area contributed by atoms with Crippen molar-refractivity contribution in [2.75, 3.05) is 6.54 Å². The fourth-order valence-electron chi connectivity index (χ4n) is 5.53. The number of allylic oxidation sites excluding steroid dienone is 1. The average molecular weight is 372 g/mol. The largest absolute Gasteiger partial charge is 0.469 e. The summed E-state index contributed by atoms with van der Waals surface area (Å²) >= 11 is 0. The van der Waals surface area contributed by atoms with E-state index in [1.807, 2.05) is 12.1 Å². The highest BCUT2D eigenvalue weighted by atomic mass is 16.6. The molecule has 3 aliphatic rings. The van der Waals surface area contributed by atoms with Crippen molar-refractivity contribution in [3.05, 3.63) is 35.8 Å². The Morgan fingerprint density at radius 3 is 3.04 bits per heavy atom. The van der Waals surface area contributed by atoms with Crippen LogP contribution in [0.15, 0.2) is 34.5 Å². The minimum absolute atomic E-state index is 0.0116. The van der Waals surface area contributed by atoms with Crippen molar-refractivity contribution in [1.82, 2.24) is 5.32 Å². The van der Waals surface area contributed by atoms with Crippen LogP contribution < -0.4 is 5.32 Å². The van der Waals surface area contributed by atoms with Crippen molar-refractivity contribution in [2.24, 2.45) is 23.2 Å². The van der Waals surface area contributed by atoms with Crippen LogP contribution in [-0.4, -0.2) is 24.7 Å². The molecule has 4 rings (SSSR count). The maximum atomic E-state index is 12.6. The summed E-state index contributed by atoms with van der Waals surface area (Å²) in [5.74, 6) is 1.84. The van der Waals surface area contributed by atoms with Gasteiger partial charge in [0.15, 0.2) is 0 Å². The van der Waals surface area contributed by atoms with E-state index in [-0.39, 0.29) is 29.3 Å². The predicted molar refractivity (Wildman–Crippen MR) is 105 cm³/mol. The Hall–Kier alpha value is -1.55. The van der Waals surface area contributed by atoms with Crippen LogP contribution in [-0.2, 0) is 16.0 Å². The molecule has 1 saturated heterocycles. The Morgan fingerprint density at radius 2 is 2.26 bits per heavy atom. The number of rotatable bonds is 6. The van der Waals surface area contributed by atoms with Crippen LogP contribution in [0.4, 0.5) is 0 Å². The van der Waals surface area contributed by atoms with Crippen LogP contribution in [0.25, 0.3) is 0 Å². The molecule has 4 heteroatoms. The lowest BCUT2D eigenvalue weighted by Gasteiger charge is -2.46. The monoisotopic (exact) mass is 371 g/mol. The smallest absolute Gasteiger partial charge is 0.311 e. The fourth-order valence-corrected chi connectivity index (χ4v) is 5.53. The van der Waals surface area contributed by atoms with Crippen LogP contribution in [0.1, 0.15) is 58.6 Å². The van der Waals surface area contributed by atoms with E-state index in [2.05, 4.69) is 32.2 Å². The number of esters is 1. The molecule has 148 valence electrons. The lowest BCUT2D eigenvalue weighted by Crippen LogP contribution is -2.41. The zero-order valence-corrected chi connectivity index (χ0v) is 16.9. The van der Waals surface area contributed by atoms with Gasteiger partial charge in [-0.05, 0) is 56.1 Å². The summed E-state index contributed by atoms with van der Waals surface area (Å²) in [5.41, 5.74) is 1.82. The number of aryl methyl sites for hydroxylation is 1. The molecule has 1 N–H and O–H groups in total. The van der Waals surface area contributed by atoms with Crippen molar-refractivity contribution in [2.45, 2.75) is 71.4 Å².